The van der Waals surface area contributed by atoms with E-state index < -0.39 is 20.9 Å². The van der Waals surface area contributed by atoms with Crippen LogP contribution in [-0.4, -0.2) is 29.2 Å². The standard InChI is InChI=1S/C6H16BrNO6P2/c1-6(9,5-7)3-4-8-16(12,13)14-15(2,10)11/h9H,3-5H2,1-2H3,(H,10,11)(H2,8,12,13)/p-2. The molecule has 0 aromatic carbocycles. The van der Waals surface area contributed by atoms with E-state index in [1.165, 1.54) is 6.92 Å². The summed E-state index contributed by atoms with van der Waals surface area (Å²) in [5.41, 5.74) is -1.07. The minimum atomic E-state index is -4.61. The number of hydrogen-bond donors (Lipinski definition) is 2. The van der Waals surface area contributed by atoms with E-state index in [2.05, 4.69) is 20.2 Å². The molecule has 0 aliphatic rings. The molecule has 2 N–H and O–H groups in total. The predicted molar refractivity (Wildman–Crippen MR) is 59.3 cm³/mol. The zero-order chi connectivity index (χ0) is 13.0. The molecule has 3 unspecified atom stereocenters. The van der Waals surface area contributed by atoms with E-state index in [0.717, 1.165) is 0 Å². The summed E-state index contributed by atoms with van der Waals surface area (Å²) in [6.45, 7) is 2.06. The monoisotopic (exact) mass is 337 g/mol. The van der Waals surface area contributed by atoms with Crippen LogP contribution in [-0.2, 0) is 13.4 Å². The fourth-order valence-corrected chi connectivity index (χ4v) is 3.21. The first kappa shape index (κ1) is 16.7. The maximum atomic E-state index is 11.0. The molecule has 98 valence electrons. The quantitative estimate of drug-likeness (QED) is 0.486. The number of halogens is 1. The highest BCUT2D eigenvalue weighted by molar-refractivity contribution is 9.09. The van der Waals surface area contributed by atoms with Gasteiger partial charge in [0.05, 0.1) is 5.60 Å². The molecule has 0 bridgehead atoms. The molecule has 0 saturated heterocycles. The zero-order valence-electron chi connectivity index (χ0n) is 8.88. The van der Waals surface area contributed by atoms with Gasteiger partial charge in [0, 0.05) is 18.5 Å². The molecule has 0 aromatic rings. The summed E-state index contributed by atoms with van der Waals surface area (Å²) in [4.78, 5) is 21.6. The summed E-state index contributed by atoms with van der Waals surface area (Å²) in [5.74, 6) is 0. The Morgan fingerprint density at radius 3 is 2.38 bits per heavy atom. The first-order chi connectivity index (χ1) is 6.97. The summed E-state index contributed by atoms with van der Waals surface area (Å²) in [7, 11) is -8.95. The summed E-state index contributed by atoms with van der Waals surface area (Å²) >= 11 is 3.05. The van der Waals surface area contributed by atoms with Crippen molar-refractivity contribution in [1.82, 2.24) is 5.09 Å². The SMILES string of the molecule is CC(O)(CBr)CCNP(=O)([O-])OP(C)(=O)[O-]. The molecule has 0 aliphatic heterocycles. The van der Waals surface area contributed by atoms with Crippen LogP contribution in [0.1, 0.15) is 13.3 Å². The van der Waals surface area contributed by atoms with Gasteiger partial charge in [0.1, 0.15) is 7.60 Å². The van der Waals surface area contributed by atoms with Gasteiger partial charge in [-0.3, -0.25) is 14.0 Å². The van der Waals surface area contributed by atoms with Crippen molar-refractivity contribution >= 4 is 31.3 Å². The molecule has 0 radical (unpaired) electrons. The lowest BCUT2D eigenvalue weighted by molar-refractivity contribution is -0.214. The maximum absolute atomic E-state index is 11.0. The van der Waals surface area contributed by atoms with Gasteiger partial charge in [-0.2, -0.15) is 0 Å². The van der Waals surface area contributed by atoms with E-state index in [0.29, 0.717) is 6.66 Å². The minimum absolute atomic E-state index is 0.112. The van der Waals surface area contributed by atoms with E-state index >= 15 is 0 Å². The second-order valence-corrected chi connectivity index (χ2v) is 7.71. The number of rotatable bonds is 7. The molecule has 0 aromatic heterocycles. The van der Waals surface area contributed by atoms with Crippen molar-refractivity contribution in [1.29, 1.82) is 0 Å². The minimum Gasteiger partial charge on any atom is -0.778 e. The molecular weight excluding hydrogens is 324 g/mol. The van der Waals surface area contributed by atoms with Gasteiger partial charge in [0.15, 0.2) is 0 Å². The highest BCUT2D eigenvalue weighted by Gasteiger charge is 2.20. The Bertz CT molecular complexity index is 316. The third kappa shape index (κ3) is 8.84. The van der Waals surface area contributed by atoms with Crippen LogP contribution in [0.25, 0.3) is 0 Å². The van der Waals surface area contributed by atoms with Crippen LogP contribution in [0, 0.1) is 0 Å². The highest BCUT2D eigenvalue weighted by Crippen LogP contribution is 2.49. The lowest BCUT2D eigenvalue weighted by Gasteiger charge is -2.31. The molecular formula is C6H14BrNO6P2-2. The fourth-order valence-electron chi connectivity index (χ4n) is 0.753. The average Bonchev–Trinajstić information content (AvgIpc) is 1.98. The van der Waals surface area contributed by atoms with Gasteiger partial charge in [-0.25, -0.2) is 0 Å². The summed E-state index contributed by atoms with van der Waals surface area (Å²) < 4.78 is 25.5. The topological polar surface area (TPSA) is 122 Å². The van der Waals surface area contributed by atoms with Crippen LogP contribution < -0.4 is 14.9 Å². The lowest BCUT2D eigenvalue weighted by atomic mass is 10.1. The number of aliphatic hydroxyl groups is 1. The number of hydrogen-bond acceptors (Lipinski definition) is 6. The van der Waals surface area contributed by atoms with E-state index in [4.69, 9.17) is 0 Å². The lowest BCUT2D eigenvalue weighted by Crippen LogP contribution is -2.32. The van der Waals surface area contributed by atoms with Crippen molar-refractivity contribution in [3.8, 4) is 0 Å². The normalized spacial score (nSPS) is 23.1. The molecule has 0 heterocycles. The van der Waals surface area contributed by atoms with Gasteiger partial charge in [0.2, 0.25) is 7.75 Å². The van der Waals surface area contributed by atoms with Gasteiger partial charge in [-0.1, -0.05) is 15.9 Å². The van der Waals surface area contributed by atoms with Crippen molar-refractivity contribution in [2.24, 2.45) is 0 Å². The van der Waals surface area contributed by atoms with Crippen LogP contribution in [0.3, 0.4) is 0 Å². The van der Waals surface area contributed by atoms with Crippen LogP contribution in [0.5, 0.6) is 0 Å². The van der Waals surface area contributed by atoms with Crippen molar-refractivity contribution in [3.05, 3.63) is 0 Å². The largest absolute Gasteiger partial charge is 0.778 e. The van der Waals surface area contributed by atoms with E-state index in [9.17, 15) is 24.0 Å². The van der Waals surface area contributed by atoms with Crippen molar-refractivity contribution in [2.45, 2.75) is 18.9 Å². The second-order valence-electron chi connectivity index (χ2n) is 3.64. The Morgan fingerprint density at radius 1 is 1.50 bits per heavy atom. The molecule has 0 spiro atoms. The van der Waals surface area contributed by atoms with E-state index in [-0.39, 0.29) is 18.3 Å². The molecule has 3 atom stereocenters. The van der Waals surface area contributed by atoms with Crippen molar-refractivity contribution in [3.63, 3.8) is 0 Å². The molecule has 10 heteroatoms. The Labute approximate surface area is 102 Å². The Hall–Kier alpha value is 0.740. The van der Waals surface area contributed by atoms with Crippen LogP contribution >= 0.6 is 31.3 Å². The van der Waals surface area contributed by atoms with Gasteiger partial charge in [0.25, 0.3) is 0 Å². The van der Waals surface area contributed by atoms with Crippen LogP contribution in [0.15, 0.2) is 0 Å². The van der Waals surface area contributed by atoms with Gasteiger partial charge >= 0.3 is 0 Å². The molecule has 0 aliphatic carbocycles. The zero-order valence-corrected chi connectivity index (χ0v) is 12.3. The molecule has 0 fully saturated rings. The Kier molecular flexibility index (Phi) is 6.35. The number of nitrogens with one attached hydrogen (secondary N) is 1. The fraction of sp³-hybridized carbons (Fsp3) is 1.00. The summed E-state index contributed by atoms with van der Waals surface area (Å²) in [6, 6.07) is 0. The first-order valence-corrected chi connectivity index (χ1v) is 8.97. The average molecular weight is 338 g/mol. The molecule has 7 nitrogen and oxygen atoms in total. The van der Waals surface area contributed by atoms with Crippen molar-refractivity contribution in [2.75, 3.05) is 18.5 Å². The summed E-state index contributed by atoms with van der Waals surface area (Å²) in [5, 5.41) is 11.7. The molecule has 0 saturated carbocycles. The summed E-state index contributed by atoms with van der Waals surface area (Å²) in [6.07, 6.45) is 0.126. The third-order valence-electron chi connectivity index (χ3n) is 1.51. The Balaban J connectivity index is 4.11. The first-order valence-electron chi connectivity index (χ1n) is 4.32. The molecule has 0 amide bonds. The predicted octanol–water partition coefficient (Wildman–Crippen LogP) is -0.220. The van der Waals surface area contributed by atoms with Gasteiger partial charge < -0.3 is 19.5 Å². The highest BCUT2D eigenvalue weighted by atomic mass is 79.9. The van der Waals surface area contributed by atoms with Crippen LogP contribution in [0.2, 0.25) is 0 Å². The van der Waals surface area contributed by atoms with E-state index in [1.54, 1.807) is 0 Å². The smallest absolute Gasteiger partial charge is 0.209 e. The maximum Gasteiger partial charge on any atom is 0.209 e. The van der Waals surface area contributed by atoms with Gasteiger partial charge in [-0.15, -0.1) is 0 Å². The third-order valence-corrected chi connectivity index (χ3v) is 5.38. The van der Waals surface area contributed by atoms with E-state index in [1.807, 2.05) is 5.09 Å². The second kappa shape index (κ2) is 6.07. The Morgan fingerprint density at radius 2 is 2.00 bits per heavy atom. The van der Waals surface area contributed by atoms with Gasteiger partial charge in [-0.05, 0) is 13.3 Å². The number of alkyl halides is 1. The van der Waals surface area contributed by atoms with Crippen molar-refractivity contribution < 1.29 is 28.3 Å². The molecule has 0 rings (SSSR count). The van der Waals surface area contributed by atoms with Crippen LogP contribution in [0.4, 0.5) is 0 Å². The molecule has 16 heavy (non-hydrogen) atoms.